The number of hydrogen-bond donors (Lipinski definition) is 0. The highest BCUT2D eigenvalue weighted by atomic mass is 28.3. The van der Waals surface area contributed by atoms with Crippen LogP contribution in [0.25, 0.3) is 17.0 Å². The highest BCUT2D eigenvalue weighted by molar-refractivity contribution is 6.76. The Balaban J connectivity index is 1.84. The molecule has 184 valence electrons. The van der Waals surface area contributed by atoms with Crippen molar-refractivity contribution in [2.75, 3.05) is 13.2 Å². The monoisotopic (exact) mass is 483 g/mol. The van der Waals surface area contributed by atoms with E-state index in [1.165, 1.54) is 0 Å². The number of pyridine rings is 1. The minimum atomic E-state index is -1.23. The van der Waals surface area contributed by atoms with Crippen LogP contribution in [0.15, 0.2) is 36.9 Å². The molecule has 1 amide bonds. The van der Waals surface area contributed by atoms with Gasteiger partial charge in [0.15, 0.2) is 0 Å². The van der Waals surface area contributed by atoms with E-state index in [0.717, 1.165) is 11.6 Å². The zero-order chi connectivity index (χ0) is 25.1. The lowest BCUT2D eigenvalue weighted by molar-refractivity contribution is 0.0446. The van der Waals surface area contributed by atoms with Crippen molar-refractivity contribution in [2.45, 2.75) is 71.9 Å². The van der Waals surface area contributed by atoms with Crippen LogP contribution in [-0.4, -0.2) is 57.1 Å². The van der Waals surface area contributed by atoms with Crippen molar-refractivity contribution < 1.29 is 14.3 Å². The fourth-order valence-corrected chi connectivity index (χ4v) is 4.29. The molecule has 0 bridgehead atoms. The highest BCUT2D eigenvalue weighted by Crippen LogP contribution is 2.27. The molecule has 3 aromatic rings. The van der Waals surface area contributed by atoms with Crippen molar-refractivity contribution in [2.24, 2.45) is 0 Å². The third kappa shape index (κ3) is 6.34. The largest absolute Gasteiger partial charge is 0.475 e. The lowest BCUT2D eigenvalue weighted by Crippen LogP contribution is -2.45. The normalized spacial score (nSPS) is 13.1. The summed E-state index contributed by atoms with van der Waals surface area (Å²) in [6, 6.07) is 4.80. The molecule has 0 aromatic carbocycles. The van der Waals surface area contributed by atoms with E-state index in [2.05, 4.69) is 29.6 Å². The molecule has 3 rings (SSSR count). The average molecular weight is 484 g/mol. The van der Waals surface area contributed by atoms with Gasteiger partial charge in [-0.2, -0.15) is 0 Å². The molecule has 34 heavy (non-hydrogen) atoms. The molecular formula is C25H37N5O3Si. The quantitative estimate of drug-likeness (QED) is 0.375. The fraction of sp³-hybridized carbons (Fsp3) is 0.520. The van der Waals surface area contributed by atoms with Crippen LogP contribution in [0.5, 0.6) is 5.88 Å². The Labute approximate surface area is 203 Å². The standard InChI is InChI=1S/C25H37N5O3Si/c1-9-30(25(3,4)5)24(31)33-18(2)19-10-11-26-20(16-19)21-17-29-13-12-27-22(29)23(28-21)32-14-15-34(6,7)8/h10-13,16-18H,9,14-15H2,1-8H3. The number of aromatic nitrogens is 4. The molecule has 0 radical (unpaired) electrons. The maximum atomic E-state index is 12.7. The minimum absolute atomic E-state index is 0.315. The zero-order valence-electron chi connectivity index (χ0n) is 21.6. The molecule has 8 nitrogen and oxygen atoms in total. The number of carbonyl (C=O) groups is 1. The number of hydrogen-bond acceptors (Lipinski definition) is 6. The van der Waals surface area contributed by atoms with E-state index in [9.17, 15) is 4.79 Å². The van der Waals surface area contributed by atoms with Gasteiger partial charge < -0.3 is 18.8 Å². The predicted molar refractivity (Wildman–Crippen MR) is 137 cm³/mol. The molecule has 9 heteroatoms. The van der Waals surface area contributed by atoms with E-state index in [0.29, 0.717) is 36.1 Å². The molecular weight excluding hydrogens is 446 g/mol. The number of fused-ring (bicyclic) bond motifs is 1. The summed E-state index contributed by atoms with van der Waals surface area (Å²) in [5.41, 5.74) is 2.55. The summed E-state index contributed by atoms with van der Waals surface area (Å²) in [4.78, 5) is 28.1. The maximum absolute atomic E-state index is 12.7. The molecule has 0 spiro atoms. The number of nitrogens with zero attached hydrogens (tertiary/aromatic N) is 5. The first-order valence-electron chi connectivity index (χ1n) is 11.8. The van der Waals surface area contributed by atoms with Crippen LogP contribution in [0.1, 0.15) is 46.3 Å². The molecule has 0 fully saturated rings. The molecule has 0 saturated heterocycles. The van der Waals surface area contributed by atoms with Gasteiger partial charge >= 0.3 is 6.09 Å². The van der Waals surface area contributed by atoms with E-state index in [-0.39, 0.29) is 11.6 Å². The Morgan fingerprint density at radius 3 is 2.56 bits per heavy atom. The summed E-state index contributed by atoms with van der Waals surface area (Å²) in [6.45, 7) is 17.9. The summed E-state index contributed by atoms with van der Waals surface area (Å²) >= 11 is 0. The number of rotatable bonds is 8. The molecule has 0 aliphatic rings. The summed E-state index contributed by atoms with van der Waals surface area (Å²) in [5, 5.41) is 0. The average Bonchev–Trinajstić information content (AvgIpc) is 3.21. The van der Waals surface area contributed by atoms with Crippen LogP contribution < -0.4 is 4.74 Å². The van der Waals surface area contributed by atoms with Gasteiger partial charge in [0.05, 0.1) is 12.3 Å². The second kappa shape index (κ2) is 10.1. The molecule has 0 saturated carbocycles. The summed E-state index contributed by atoms with van der Waals surface area (Å²) < 4.78 is 13.7. The Kier molecular flexibility index (Phi) is 7.65. The van der Waals surface area contributed by atoms with Crippen LogP contribution in [0, 0.1) is 0 Å². The SMILES string of the molecule is CCN(C(=O)OC(C)c1ccnc(-c2cn3ccnc3c(OCC[Si](C)(C)C)n2)c1)C(C)(C)C. The topological polar surface area (TPSA) is 81.9 Å². The van der Waals surface area contributed by atoms with Crippen molar-refractivity contribution in [1.82, 2.24) is 24.3 Å². The van der Waals surface area contributed by atoms with Gasteiger partial charge in [-0.1, -0.05) is 19.6 Å². The lowest BCUT2D eigenvalue weighted by Gasteiger charge is -2.34. The first kappa shape index (κ1) is 25.7. The van der Waals surface area contributed by atoms with Crippen molar-refractivity contribution >= 4 is 19.8 Å². The van der Waals surface area contributed by atoms with E-state index in [1.807, 2.05) is 63.5 Å². The maximum Gasteiger partial charge on any atom is 0.410 e. The number of carbonyl (C=O) groups excluding carboxylic acids is 1. The predicted octanol–water partition coefficient (Wildman–Crippen LogP) is 5.83. The Hall–Kier alpha value is -2.94. The van der Waals surface area contributed by atoms with Crippen LogP contribution in [0.3, 0.4) is 0 Å². The van der Waals surface area contributed by atoms with Crippen LogP contribution >= 0.6 is 0 Å². The van der Waals surface area contributed by atoms with Crippen molar-refractivity contribution in [3.63, 3.8) is 0 Å². The van der Waals surface area contributed by atoms with Gasteiger partial charge in [0.25, 0.3) is 5.88 Å². The van der Waals surface area contributed by atoms with E-state index >= 15 is 0 Å². The van der Waals surface area contributed by atoms with Crippen LogP contribution in [0.4, 0.5) is 4.79 Å². The molecule has 1 unspecified atom stereocenters. The molecule has 3 aromatic heterocycles. The lowest BCUT2D eigenvalue weighted by atomic mass is 10.1. The second-order valence-electron chi connectivity index (χ2n) is 10.7. The van der Waals surface area contributed by atoms with Gasteiger partial charge in [-0.05, 0) is 58.4 Å². The molecule has 3 heterocycles. The van der Waals surface area contributed by atoms with Crippen LogP contribution in [0.2, 0.25) is 25.7 Å². The summed E-state index contributed by atoms with van der Waals surface area (Å²) in [7, 11) is -1.23. The van der Waals surface area contributed by atoms with Gasteiger partial charge in [-0.25, -0.2) is 14.8 Å². The summed E-state index contributed by atoms with van der Waals surface area (Å²) in [5.74, 6) is 0.496. The van der Waals surface area contributed by atoms with E-state index < -0.39 is 14.2 Å². The number of amides is 1. The first-order valence-corrected chi connectivity index (χ1v) is 15.5. The molecule has 0 N–H and O–H groups in total. The van der Waals surface area contributed by atoms with E-state index in [1.54, 1.807) is 17.3 Å². The van der Waals surface area contributed by atoms with Crippen molar-refractivity contribution in [3.05, 3.63) is 42.5 Å². The van der Waals surface area contributed by atoms with Gasteiger partial charge in [0, 0.05) is 44.9 Å². The summed E-state index contributed by atoms with van der Waals surface area (Å²) in [6.07, 6.45) is 6.42. The number of imidazole rings is 1. The van der Waals surface area contributed by atoms with Gasteiger partial charge in [-0.3, -0.25) is 4.98 Å². The van der Waals surface area contributed by atoms with Crippen LogP contribution in [-0.2, 0) is 4.74 Å². The Morgan fingerprint density at radius 2 is 1.91 bits per heavy atom. The molecule has 0 aliphatic heterocycles. The Bertz CT molecular complexity index is 1130. The molecule has 1 atom stereocenters. The Morgan fingerprint density at radius 1 is 1.18 bits per heavy atom. The third-order valence-electron chi connectivity index (χ3n) is 5.57. The smallest absolute Gasteiger partial charge is 0.410 e. The van der Waals surface area contributed by atoms with Crippen molar-refractivity contribution in [3.8, 4) is 17.3 Å². The van der Waals surface area contributed by atoms with Crippen molar-refractivity contribution in [1.29, 1.82) is 0 Å². The fourth-order valence-electron chi connectivity index (χ4n) is 3.58. The van der Waals surface area contributed by atoms with Gasteiger partial charge in [0.2, 0.25) is 5.65 Å². The highest BCUT2D eigenvalue weighted by Gasteiger charge is 2.27. The molecule has 0 aliphatic carbocycles. The number of ether oxygens (including phenoxy) is 2. The van der Waals surface area contributed by atoms with Gasteiger partial charge in [0.1, 0.15) is 11.8 Å². The van der Waals surface area contributed by atoms with Gasteiger partial charge in [-0.15, -0.1) is 0 Å². The first-order chi connectivity index (χ1) is 15.9. The zero-order valence-corrected chi connectivity index (χ0v) is 22.6. The minimum Gasteiger partial charge on any atom is -0.475 e. The second-order valence-corrected chi connectivity index (χ2v) is 16.3. The van der Waals surface area contributed by atoms with E-state index in [4.69, 9.17) is 14.5 Å². The third-order valence-corrected chi connectivity index (χ3v) is 7.28.